The summed E-state index contributed by atoms with van der Waals surface area (Å²) in [7, 11) is 0. The van der Waals surface area contributed by atoms with Crippen LogP contribution >= 0.6 is 0 Å². The number of rotatable bonds is 4. The number of carbonyl (C=O) groups excluding carboxylic acids is 1. The van der Waals surface area contributed by atoms with Crippen LogP contribution in [-0.2, 0) is 11.3 Å². The van der Waals surface area contributed by atoms with E-state index in [0.717, 1.165) is 5.69 Å². The van der Waals surface area contributed by atoms with Crippen molar-refractivity contribution in [1.29, 1.82) is 0 Å². The predicted molar refractivity (Wildman–Crippen MR) is 82.2 cm³/mol. The minimum atomic E-state index is -0.697. The number of nitrogens with one attached hydrogen (secondary N) is 3. The standard InChI is InChI=1S/C15H19FN4O2/c1-15(2,3)22-14(21)20-13-6-10(4-5-12(13)16)18-8-11-7-17-9-19-11/h4-7,9,18H,8H2,1-3H3,(H,17,19)(H,20,21). The summed E-state index contributed by atoms with van der Waals surface area (Å²) < 4.78 is 18.9. The van der Waals surface area contributed by atoms with Gasteiger partial charge in [-0.25, -0.2) is 14.2 Å². The fraction of sp³-hybridized carbons (Fsp3) is 0.333. The molecule has 1 heterocycles. The normalized spacial score (nSPS) is 11.1. The lowest BCUT2D eigenvalue weighted by Crippen LogP contribution is -2.27. The van der Waals surface area contributed by atoms with E-state index in [1.807, 2.05) is 0 Å². The molecule has 2 aromatic rings. The molecule has 0 radical (unpaired) electrons. The predicted octanol–water partition coefficient (Wildman–Crippen LogP) is 3.51. The van der Waals surface area contributed by atoms with Gasteiger partial charge in [-0.15, -0.1) is 0 Å². The Hall–Kier alpha value is -2.57. The first-order valence-electron chi connectivity index (χ1n) is 6.84. The number of halogens is 1. The number of H-pyrrole nitrogens is 1. The summed E-state index contributed by atoms with van der Waals surface area (Å²) in [5.41, 5.74) is 0.980. The van der Waals surface area contributed by atoms with Gasteiger partial charge in [0.2, 0.25) is 0 Å². The third-order valence-electron chi connectivity index (χ3n) is 2.64. The minimum absolute atomic E-state index is 0.0591. The van der Waals surface area contributed by atoms with E-state index in [-0.39, 0.29) is 5.69 Å². The van der Waals surface area contributed by atoms with Crippen LogP contribution in [0.15, 0.2) is 30.7 Å². The van der Waals surface area contributed by atoms with E-state index < -0.39 is 17.5 Å². The van der Waals surface area contributed by atoms with Crippen LogP contribution in [0.4, 0.5) is 20.6 Å². The Morgan fingerprint density at radius 2 is 2.18 bits per heavy atom. The maximum atomic E-state index is 13.8. The number of nitrogens with zero attached hydrogens (tertiary/aromatic N) is 1. The number of benzene rings is 1. The minimum Gasteiger partial charge on any atom is -0.444 e. The summed E-state index contributed by atoms with van der Waals surface area (Å²) >= 11 is 0. The molecule has 1 aromatic heterocycles. The van der Waals surface area contributed by atoms with Crippen LogP contribution in [0.2, 0.25) is 0 Å². The molecular formula is C15H19FN4O2. The number of aromatic amines is 1. The fourth-order valence-corrected chi connectivity index (χ4v) is 1.72. The van der Waals surface area contributed by atoms with Crippen LogP contribution in [0.25, 0.3) is 0 Å². The molecule has 22 heavy (non-hydrogen) atoms. The van der Waals surface area contributed by atoms with Crippen LogP contribution in [0, 0.1) is 5.82 Å². The molecule has 118 valence electrons. The molecule has 3 N–H and O–H groups in total. The summed E-state index contributed by atoms with van der Waals surface area (Å²) in [5.74, 6) is -0.530. The summed E-state index contributed by atoms with van der Waals surface area (Å²) in [5, 5.41) is 5.51. The first-order valence-corrected chi connectivity index (χ1v) is 6.84. The van der Waals surface area contributed by atoms with Gasteiger partial charge >= 0.3 is 6.09 Å². The lowest BCUT2D eigenvalue weighted by Gasteiger charge is -2.20. The van der Waals surface area contributed by atoms with Crippen molar-refractivity contribution < 1.29 is 13.9 Å². The number of anilines is 2. The van der Waals surface area contributed by atoms with Gasteiger partial charge in [0.25, 0.3) is 0 Å². The van der Waals surface area contributed by atoms with E-state index in [1.54, 1.807) is 39.4 Å². The molecule has 0 atom stereocenters. The average molecular weight is 306 g/mol. The van der Waals surface area contributed by atoms with Crippen molar-refractivity contribution in [1.82, 2.24) is 9.97 Å². The quantitative estimate of drug-likeness (QED) is 0.807. The summed E-state index contributed by atoms with van der Waals surface area (Å²) in [6, 6.07) is 4.38. The van der Waals surface area contributed by atoms with Crippen LogP contribution < -0.4 is 10.6 Å². The van der Waals surface area contributed by atoms with Crippen molar-refractivity contribution in [3.05, 3.63) is 42.2 Å². The van der Waals surface area contributed by atoms with Crippen molar-refractivity contribution in [3.8, 4) is 0 Å². The summed E-state index contributed by atoms with van der Waals surface area (Å²) in [4.78, 5) is 18.6. The first-order chi connectivity index (χ1) is 10.3. The molecule has 0 saturated carbocycles. The first kappa shape index (κ1) is 15.8. The zero-order chi connectivity index (χ0) is 16.2. The van der Waals surface area contributed by atoms with Gasteiger partial charge in [0.15, 0.2) is 0 Å². The Bertz CT molecular complexity index is 635. The van der Waals surface area contributed by atoms with Gasteiger partial charge in [-0.2, -0.15) is 0 Å². The number of amides is 1. The van der Waals surface area contributed by atoms with Crippen molar-refractivity contribution in [2.75, 3.05) is 10.6 Å². The molecule has 0 saturated heterocycles. The molecule has 0 aliphatic rings. The van der Waals surface area contributed by atoms with Crippen LogP contribution in [0.1, 0.15) is 26.5 Å². The van der Waals surface area contributed by atoms with Gasteiger partial charge in [-0.05, 0) is 39.0 Å². The Morgan fingerprint density at radius 3 is 2.82 bits per heavy atom. The van der Waals surface area contributed by atoms with Gasteiger partial charge in [0.05, 0.1) is 24.3 Å². The maximum Gasteiger partial charge on any atom is 0.412 e. The summed E-state index contributed by atoms with van der Waals surface area (Å²) in [6.45, 7) is 5.74. The Labute approximate surface area is 128 Å². The molecule has 2 rings (SSSR count). The Kier molecular flexibility index (Phi) is 4.65. The van der Waals surface area contributed by atoms with Crippen LogP contribution in [0.3, 0.4) is 0 Å². The second-order valence-corrected chi connectivity index (χ2v) is 5.75. The van der Waals surface area contributed by atoms with E-state index in [2.05, 4.69) is 20.6 Å². The van der Waals surface area contributed by atoms with Crippen LogP contribution in [-0.4, -0.2) is 21.7 Å². The lowest BCUT2D eigenvalue weighted by molar-refractivity contribution is 0.0635. The second kappa shape index (κ2) is 6.46. The van der Waals surface area contributed by atoms with Crippen LogP contribution in [0.5, 0.6) is 0 Å². The van der Waals surface area contributed by atoms with E-state index in [4.69, 9.17) is 4.74 Å². The number of hydrogen-bond donors (Lipinski definition) is 3. The van der Waals surface area contributed by atoms with Crippen molar-refractivity contribution in [2.45, 2.75) is 32.9 Å². The second-order valence-electron chi connectivity index (χ2n) is 5.75. The third-order valence-corrected chi connectivity index (χ3v) is 2.64. The topological polar surface area (TPSA) is 79.0 Å². The average Bonchev–Trinajstić information content (AvgIpc) is 2.90. The maximum absolute atomic E-state index is 13.8. The lowest BCUT2D eigenvalue weighted by atomic mass is 10.2. The smallest absolute Gasteiger partial charge is 0.412 e. The molecule has 0 aliphatic heterocycles. The highest BCUT2D eigenvalue weighted by molar-refractivity contribution is 5.85. The molecule has 1 amide bonds. The molecule has 0 unspecified atom stereocenters. The van der Waals surface area contributed by atoms with Gasteiger partial charge in [0.1, 0.15) is 11.4 Å². The summed E-state index contributed by atoms with van der Waals surface area (Å²) in [6.07, 6.45) is 2.57. The SMILES string of the molecule is CC(C)(C)OC(=O)Nc1cc(NCc2cnc[nH]2)ccc1F. The number of ether oxygens (including phenoxy) is 1. The van der Waals surface area contributed by atoms with Gasteiger partial charge in [0, 0.05) is 11.9 Å². The fourth-order valence-electron chi connectivity index (χ4n) is 1.72. The van der Waals surface area contributed by atoms with Gasteiger partial charge in [-0.1, -0.05) is 0 Å². The highest BCUT2D eigenvalue weighted by Gasteiger charge is 2.17. The molecule has 0 bridgehead atoms. The van der Waals surface area contributed by atoms with E-state index in [1.165, 1.54) is 12.1 Å². The van der Waals surface area contributed by atoms with E-state index >= 15 is 0 Å². The molecular weight excluding hydrogens is 287 g/mol. The number of hydrogen-bond acceptors (Lipinski definition) is 4. The highest BCUT2D eigenvalue weighted by Crippen LogP contribution is 2.21. The van der Waals surface area contributed by atoms with Crippen molar-refractivity contribution in [2.24, 2.45) is 0 Å². The molecule has 0 aliphatic carbocycles. The molecule has 0 spiro atoms. The zero-order valence-corrected chi connectivity index (χ0v) is 12.7. The molecule has 7 heteroatoms. The Morgan fingerprint density at radius 1 is 1.41 bits per heavy atom. The molecule has 0 fully saturated rings. The van der Waals surface area contributed by atoms with Gasteiger partial charge in [-0.3, -0.25) is 5.32 Å². The molecule has 6 nitrogen and oxygen atoms in total. The van der Waals surface area contributed by atoms with Crippen molar-refractivity contribution >= 4 is 17.5 Å². The van der Waals surface area contributed by atoms with Gasteiger partial charge < -0.3 is 15.0 Å². The van der Waals surface area contributed by atoms with Crippen molar-refractivity contribution in [3.63, 3.8) is 0 Å². The number of imidazole rings is 1. The molecule has 1 aromatic carbocycles. The number of aromatic nitrogens is 2. The highest BCUT2D eigenvalue weighted by atomic mass is 19.1. The monoisotopic (exact) mass is 306 g/mol. The largest absolute Gasteiger partial charge is 0.444 e. The Balaban J connectivity index is 2.01. The zero-order valence-electron chi connectivity index (χ0n) is 12.7. The van der Waals surface area contributed by atoms with E-state index in [0.29, 0.717) is 12.2 Å². The van der Waals surface area contributed by atoms with E-state index in [9.17, 15) is 9.18 Å². The number of carbonyl (C=O) groups is 1. The third kappa shape index (κ3) is 4.76.